The van der Waals surface area contributed by atoms with E-state index in [0.29, 0.717) is 18.4 Å². The molecule has 0 radical (unpaired) electrons. The van der Waals surface area contributed by atoms with Crippen LogP contribution in [0.2, 0.25) is 0 Å². The van der Waals surface area contributed by atoms with E-state index in [2.05, 4.69) is 43.3 Å². The van der Waals surface area contributed by atoms with E-state index >= 15 is 0 Å². The Morgan fingerprint density at radius 3 is 1.73 bits per heavy atom. The normalized spacial score (nSPS) is 28.7. The Morgan fingerprint density at radius 2 is 1.33 bits per heavy atom. The summed E-state index contributed by atoms with van der Waals surface area (Å²) in [6.07, 6.45) is 22.3. The van der Waals surface area contributed by atoms with Crippen molar-refractivity contribution in [2.45, 2.75) is 102 Å². The molecule has 0 saturated heterocycles. The monoisotopic (exact) mass is 410 g/mol. The highest BCUT2D eigenvalue weighted by Crippen LogP contribution is 2.49. The molecule has 1 unspecified atom stereocenters. The van der Waals surface area contributed by atoms with E-state index in [-0.39, 0.29) is 5.60 Å². The SMILES string of the molecule is CCc1ccc(C2(OC)C=CC(C3CCCCCC3)(C3CCCCCC3)OC2)cc1. The van der Waals surface area contributed by atoms with Gasteiger partial charge >= 0.3 is 0 Å². The van der Waals surface area contributed by atoms with Gasteiger partial charge in [0.25, 0.3) is 0 Å². The Bertz CT molecular complexity index is 655. The van der Waals surface area contributed by atoms with E-state index in [4.69, 9.17) is 9.47 Å². The molecule has 166 valence electrons. The fourth-order valence-corrected chi connectivity index (χ4v) is 6.34. The van der Waals surface area contributed by atoms with Crippen LogP contribution in [0.4, 0.5) is 0 Å². The van der Waals surface area contributed by atoms with E-state index in [1.807, 2.05) is 7.11 Å². The van der Waals surface area contributed by atoms with Crippen molar-refractivity contribution in [1.82, 2.24) is 0 Å². The third kappa shape index (κ3) is 4.41. The van der Waals surface area contributed by atoms with Crippen molar-refractivity contribution in [3.05, 3.63) is 47.5 Å². The molecular formula is C28H42O2. The van der Waals surface area contributed by atoms with Crippen LogP contribution < -0.4 is 0 Å². The number of ether oxygens (including phenoxy) is 2. The smallest absolute Gasteiger partial charge is 0.134 e. The summed E-state index contributed by atoms with van der Waals surface area (Å²) in [5, 5.41) is 0. The predicted molar refractivity (Wildman–Crippen MR) is 125 cm³/mol. The average Bonchev–Trinajstić information content (AvgIpc) is 3.25. The van der Waals surface area contributed by atoms with Gasteiger partial charge in [-0.05, 0) is 61.1 Å². The molecule has 0 aromatic heterocycles. The van der Waals surface area contributed by atoms with E-state index in [1.54, 1.807) is 0 Å². The van der Waals surface area contributed by atoms with Gasteiger partial charge in [-0.1, -0.05) is 88.6 Å². The first-order valence-electron chi connectivity index (χ1n) is 12.7. The molecule has 2 heteroatoms. The molecule has 2 nitrogen and oxygen atoms in total. The summed E-state index contributed by atoms with van der Waals surface area (Å²) < 4.78 is 13.2. The van der Waals surface area contributed by atoms with Crippen LogP contribution in [-0.2, 0) is 21.5 Å². The van der Waals surface area contributed by atoms with Crippen molar-refractivity contribution in [1.29, 1.82) is 0 Å². The summed E-state index contributed by atoms with van der Waals surface area (Å²) in [6.45, 7) is 2.84. The summed E-state index contributed by atoms with van der Waals surface area (Å²) >= 11 is 0. The number of rotatable bonds is 5. The molecular weight excluding hydrogens is 368 g/mol. The molecule has 0 spiro atoms. The third-order valence-electron chi connectivity index (χ3n) is 8.35. The zero-order chi connectivity index (χ0) is 20.9. The van der Waals surface area contributed by atoms with Crippen LogP contribution in [0.15, 0.2) is 36.4 Å². The first-order valence-corrected chi connectivity index (χ1v) is 12.7. The summed E-state index contributed by atoms with van der Waals surface area (Å²) in [7, 11) is 1.84. The Labute approximate surface area is 184 Å². The van der Waals surface area contributed by atoms with Gasteiger partial charge in [-0.3, -0.25) is 0 Å². The maximum atomic E-state index is 7.06. The molecule has 2 saturated carbocycles. The second-order valence-electron chi connectivity index (χ2n) is 10.00. The molecule has 1 atom stereocenters. The van der Waals surface area contributed by atoms with Crippen molar-refractivity contribution in [2.24, 2.45) is 11.8 Å². The molecule has 0 bridgehead atoms. The highest BCUT2D eigenvalue weighted by atomic mass is 16.6. The first kappa shape index (κ1) is 22.1. The minimum absolute atomic E-state index is 0.0833. The minimum Gasteiger partial charge on any atom is -0.367 e. The van der Waals surface area contributed by atoms with E-state index < -0.39 is 5.60 Å². The van der Waals surface area contributed by atoms with Gasteiger partial charge in [0.1, 0.15) is 5.60 Å². The van der Waals surface area contributed by atoms with E-state index in [1.165, 1.54) is 88.2 Å². The number of benzene rings is 1. The van der Waals surface area contributed by atoms with Gasteiger partial charge in [0, 0.05) is 7.11 Å². The molecule has 2 fully saturated rings. The highest BCUT2D eigenvalue weighted by molar-refractivity contribution is 5.34. The Morgan fingerprint density at radius 1 is 0.800 bits per heavy atom. The topological polar surface area (TPSA) is 18.5 Å². The molecule has 2 aliphatic carbocycles. The molecule has 4 rings (SSSR count). The summed E-state index contributed by atoms with van der Waals surface area (Å²) in [6, 6.07) is 8.95. The molecule has 3 aliphatic rings. The fraction of sp³-hybridized carbons (Fsp3) is 0.714. The Kier molecular flexibility index (Phi) is 7.36. The lowest BCUT2D eigenvalue weighted by Crippen LogP contribution is -2.52. The molecule has 1 aliphatic heterocycles. The molecule has 0 N–H and O–H groups in total. The van der Waals surface area contributed by atoms with Crippen molar-refractivity contribution in [3.8, 4) is 0 Å². The van der Waals surface area contributed by atoms with Crippen LogP contribution in [0.5, 0.6) is 0 Å². The Balaban J connectivity index is 1.67. The average molecular weight is 411 g/mol. The van der Waals surface area contributed by atoms with E-state index in [9.17, 15) is 0 Å². The van der Waals surface area contributed by atoms with Crippen LogP contribution in [0.25, 0.3) is 0 Å². The maximum Gasteiger partial charge on any atom is 0.134 e. The van der Waals surface area contributed by atoms with Gasteiger partial charge in [-0.2, -0.15) is 0 Å². The van der Waals surface area contributed by atoms with Gasteiger partial charge in [0.15, 0.2) is 0 Å². The van der Waals surface area contributed by atoms with Gasteiger partial charge in [-0.15, -0.1) is 0 Å². The second kappa shape index (κ2) is 10.0. The van der Waals surface area contributed by atoms with Crippen LogP contribution >= 0.6 is 0 Å². The number of methoxy groups -OCH3 is 1. The Hall–Kier alpha value is -1.12. The van der Waals surface area contributed by atoms with Crippen LogP contribution in [0, 0.1) is 11.8 Å². The van der Waals surface area contributed by atoms with Crippen LogP contribution in [-0.4, -0.2) is 19.3 Å². The molecule has 1 heterocycles. The third-order valence-corrected chi connectivity index (χ3v) is 8.35. The second-order valence-corrected chi connectivity index (χ2v) is 10.00. The molecule has 30 heavy (non-hydrogen) atoms. The lowest BCUT2D eigenvalue weighted by molar-refractivity contribution is -0.161. The lowest BCUT2D eigenvalue weighted by atomic mass is 9.68. The van der Waals surface area contributed by atoms with Crippen LogP contribution in [0.1, 0.15) is 95.1 Å². The predicted octanol–water partition coefficient (Wildman–Crippen LogP) is 7.36. The molecule has 1 aromatic rings. The first-order chi connectivity index (χ1) is 14.7. The fourth-order valence-electron chi connectivity index (χ4n) is 6.34. The van der Waals surface area contributed by atoms with Gasteiger partial charge in [-0.25, -0.2) is 0 Å². The zero-order valence-electron chi connectivity index (χ0n) is 19.3. The van der Waals surface area contributed by atoms with Gasteiger partial charge < -0.3 is 9.47 Å². The molecule has 1 aromatic carbocycles. The largest absolute Gasteiger partial charge is 0.367 e. The summed E-state index contributed by atoms with van der Waals surface area (Å²) in [5.74, 6) is 1.33. The summed E-state index contributed by atoms with van der Waals surface area (Å²) in [4.78, 5) is 0. The van der Waals surface area contributed by atoms with E-state index in [0.717, 1.165) is 6.42 Å². The quantitative estimate of drug-likeness (QED) is 0.373. The van der Waals surface area contributed by atoms with Crippen LogP contribution in [0.3, 0.4) is 0 Å². The zero-order valence-corrected chi connectivity index (χ0v) is 19.3. The van der Waals surface area contributed by atoms with Gasteiger partial charge in [0.2, 0.25) is 0 Å². The van der Waals surface area contributed by atoms with Crippen molar-refractivity contribution < 1.29 is 9.47 Å². The maximum absolute atomic E-state index is 7.06. The summed E-state index contributed by atoms with van der Waals surface area (Å²) in [5.41, 5.74) is 2.05. The number of aryl methyl sites for hydroxylation is 1. The number of hydrogen-bond acceptors (Lipinski definition) is 2. The van der Waals surface area contributed by atoms with Crippen molar-refractivity contribution >= 4 is 0 Å². The van der Waals surface area contributed by atoms with Crippen molar-refractivity contribution in [2.75, 3.05) is 13.7 Å². The standard InChI is InChI=1S/C28H42O2/c1-3-23-16-18-24(19-17-23)27(29-2)20-21-28(30-22-27,25-12-8-4-5-9-13-25)26-14-10-6-7-11-15-26/h16-21,25-26H,3-15,22H2,1-2H3. The number of hydrogen-bond donors (Lipinski definition) is 0. The molecule has 0 amide bonds. The minimum atomic E-state index is -0.453. The lowest BCUT2D eigenvalue weighted by Gasteiger charge is -2.49. The van der Waals surface area contributed by atoms with Crippen molar-refractivity contribution in [3.63, 3.8) is 0 Å². The van der Waals surface area contributed by atoms with Gasteiger partial charge in [0.05, 0.1) is 12.2 Å². The highest BCUT2D eigenvalue weighted by Gasteiger charge is 2.49.